The first-order chi connectivity index (χ1) is 8.60. The third kappa shape index (κ3) is 1.71. The van der Waals surface area contributed by atoms with E-state index in [2.05, 4.69) is 0 Å². The number of carbonyl (C=O) groups excluding carboxylic acids is 1. The van der Waals surface area contributed by atoms with Gasteiger partial charge in [-0.3, -0.25) is 0 Å². The molecule has 1 aromatic carbocycles. The van der Waals surface area contributed by atoms with E-state index in [4.69, 9.17) is 15.2 Å². The molecule has 3 N–H and O–H groups in total. The van der Waals surface area contributed by atoms with Crippen LogP contribution >= 0.6 is 0 Å². The number of carbonyl (C=O) groups is 1. The number of fused-ring (bicyclic) bond motifs is 1. The number of benzene rings is 1. The van der Waals surface area contributed by atoms with Gasteiger partial charge in [0.2, 0.25) is 0 Å². The lowest BCUT2D eigenvalue weighted by Crippen LogP contribution is -2.08. The van der Waals surface area contributed by atoms with Gasteiger partial charge in [0, 0.05) is 5.39 Å². The zero-order valence-electron chi connectivity index (χ0n) is 10.1. The molecule has 0 unspecified atom stereocenters. The third-order valence-corrected chi connectivity index (χ3v) is 2.67. The number of aromatic nitrogens is 1. The monoisotopic (exact) mass is 250 g/mol. The molecule has 6 nitrogen and oxygen atoms in total. The maximum atomic E-state index is 11.8. The summed E-state index contributed by atoms with van der Waals surface area (Å²) in [5, 5.41) is 10.3. The minimum absolute atomic E-state index is 0.0447. The molecule has 0 aliphatic rings. The number of rotatable bonds is 3. The summed E-state index contributed by atoms with van der Waals surface area (Å²) in [5.74, 6) is -0.0450. The molecule has 2 rings (SSSR count). The largest absolute Gasteiger partial charge is 0.497 e. The second-order valence-electron chi connectivity index (χ2n) is 3.68. The number of esters is 1. The van der Waals surface area contributed by atoms with Crippen LogP contribution in [0.25, 0.3) is 10.9 Å². The first-order valence-corrected chi connectivity index (χ1v) is 5.44. The Kier molecular flexibility index (Phi) is 3.01. The maximum Gasteiger partial charge on any atom is 0.342 e. The Morgan fingerprint density at radius 3 is 2.83 bits per heavy atom. The fraction of sp³-hybridized carbons (Fsp3) is 0.250. The number of hydrogen-bond donors (Lipinski definition) is 2. The van der Waals surface area contributed by atoms with Crippen LogP contribution in [0.15, 0.2) is 18.2 Å². The summed E-state index contributed by atoms with van der Waals surface area (Å²) >= 11 is 0. The molecule has 0 saturated carbocycles. The van der Waals surface area contributed by atoms with Crippen molar-refractivity contribution in [1.82, 2.24) is 4.73 Å². The highest BCUT2D eigenvalue weighted by Crippen LogP contribution is 2.30. The fourth-order valence-corrected chi connectivity index (χ4v) is 1.82. The van der Waals surface area contributed by atoms with Crippen molar-refractivity contribution < 1.29 is 19.5 Å². The van der Waals surface area contributed by atoms with Gasteiger partial charge in [0.15, 0.2) is 5.82 Å². The van der Waals surface area contributed by atoms with E-state index in [-0.39, 0.29) is 18.0 Å². The Labute approximate surface area is 103 Å². The van der Waals surface area contributed by atoms with Gasteiger partial charge in [-0.05, 0) is 25.1 Å². The number of ether oxygens (including phenoxy) is 2. The highest BCUT2D eigenvalue weighted by molar-refractivity contribution is 6.09. The fourth-order valence-electron chi connectivity index (χ4n) is 1.82. The van der Waals surface area contributed by atoms with E-state index < -0.39 is 5.97 Å². The topological polar surface area (TPSA) is 86.7 Å². The molecule has 0 saturated heterocycles. The number of nitrogens with two attached hydrogens (primary N) is 1. The van der Waals surface area contributed by atoms with Crippen LogP contribution in [0.3, 0.4) is 0 Å². The summed E-state index contributed by atoms with van der Waals surface area (Å²) in [5.41, 5.74) is 6.28. The van der Waals surface area contributed by atoms with Crippen LogP contribution < -0.4 is 10.5 Å². The van der Waals surface area contributed by atoms with Crippen LogP contribution in [-0.4, -0.2) is 29.6 Å². The van der Waals surface area contributed by atoms with Gasteiger partial charge in [0.05, 0.1) is 19.2 Å². The second-order valence-corrected chi connectivity index (χ2v) is 3.68. The van der Waals surface area contributed by atoms with Gasteiger partial charge in [-0.25, -0.2) is 4.79 Å². The van der Waals surface area contributed by atoms with Crippen molar-refractivity contribution in [2.45, 2.75) is 6.92 Å². The van der Waals surface area contributed by atoms with Crippen LogP contribution in [0.5, 0.6) is 5.75 Å². The van der Waals surface area contributed by atoms with Gasteiger partial charge in [0.25, 0.3) is 0 Å². The molecule has 0 fully saturated rings. The van der Waals surface area contributed by atoms with Crippen molar-refractivity contribution in [2.24, 2.45) is 0 Å². The minimum Gasteiger partial charge on any atom is -0.497 e. The standard InChI is InChI=1S/C12H14N2O4/c1-3-18-12(15)10-8-6-7(17-2)4-5-9(8)14(16)11(10)13/h4-6,16H,3,13H2,1-2H3. The zero-order chi connectivity index (χ0) is 13.3. The van der Waals surface area contributed by atoms with Gasteiger partial charge >= 0.3 is 5.97 Å². The SMILES string of the molecule is CCOC(=O)c1c(N)n(O)c2ccc(OC)cc12. The minimum atomic E-state index is -0.568. The van der Waals surface area contributed by atoms with Crippen LogP contribution in [-0.2, 0) is 4.74 Å². The average molecular weight is 250 g/mol. The molecule has 0 radical (unpaired) electrons. The number of anilines is 1. The molecule has 96 valence electrons. The first kappa shape index (κ1) is 12.1. The second kappa shape index (κ2) is 4.48. The molecule has 2 aromatic rings. The lowest BCUT2D eigenvalue weighted by Gasteiger charge is -2.02. The maximum absolute atomic E-state index is 11.8. The van der Waals surface area contributed by atoms with Gasteiger partial charge < -0.3 is 20.4 Å². The molecule has 0 bridgehead atoms. The van der Waals surface area contributed by atoms with E-state index in [9.17, 15) is 10.0 Å². The number of nitrogen functional groups attached to an aromatic ring is 1. The van der Waals surface area contributed by atoms with Crippen LogP contribution in [0.1, 0.15) is 17.3 Å². The highest BCUT2D eigenvalue weighted by Gasteiger charge is 2.22. The molecule has 1 aromatic heterocycles. The Morgan fingerprint density at radius 2 is 2.22 bits per heavy atom. The Balaban J connectivity index is 2.70. The summed E-state index contributed by atoms with van der Waals surface area (Å²) in [6.45, 7) is 1.94. The summed E-state index contributed by atoms with van der Waals surface area (Å²) < 4.78 is 10.8. The number of nitrogens with zero attached hydrogens (tertiary/aromatic N) is 1. The lowest BCUT2D eigenvalue weighted by molar-refractivity contribution is 0.0528. The predicted molar refractivity (Wildman–Crippen MR) is 66.0 cm³/mol. The van der Waals surface area contributed by atoms with Crippen molar-refractivity contribution in [1.29, 1.82) is 0 Å². The number of methoxy groups -OCH3 is 1. The van der Waals surface area contributed by atoms with Crippen LogP contribution in [0.4, 0.5) is 5.82 Å². The van der Waals surface area contributed by atoms with Crippen molar-refractivity contribution in [2.75, 3.05) is 19.5 Å². The number of hydrogen-bond acceptors (Lipinski definition) is 5. The molecule has 0 spiro atoms. The van der Waals surface area contributed by atoms with Crippen LogP contribution in [0.2, 0.25) is 0 Å². The summed E-state index contributed by atoms with van der Waals surface area (Å²) in [6, 6.07) is 4.92. The Bertz CT molecular complexity index is 604. The van der Waals surface area contributed by atoms with Crippen molar-refractivity contribution in [3.05, 3.63) is 23.8 Å². The van der Waals surface area contributed by atoms with E-state index in [1.807, 2.05) is 0 Å². The molecular formula is C12H14N2O4. The Morgan fingerprint density at radius 1 is 1.50 bits per heavy atom. The quantitative estimate of drug-likeness (QED) is 0.638. The van der Waals surface area contributed by atoms with E-state index in [0.717, 1.165) is 4.73 Å². The van der Waals surface area contributed by atoms with E-state index >= 15 is 0 Å². The van der Waals surface area contributed by atoms with Gasteiger partial charge in [-0.1, -0.05) is 0 Å². The summed E-state index contributed by atoms with van der Waals surface area (Å²) in [6.07, 6.45) is 0. The summed E-state index contributed by atoms with van der Waals surface area (Å²) in [7, 11) is 1.52. The molecule has 0 aliphatic heterocycles. The molecule has 0 aliphatic carbocycles. The highest BCUT2D eigenvalue weighted by atomic mass is 16.5. The third-order valence-electron chi connectivity index (χ3n) is 2.67. The predicted octanol–water partition coefficient (Wildman–Crippen LogP) is 1.65. The van der Waals surface area contributed by atoms with Gasteiger partial charge in [0.1, 0.15) is 11.3 Å². The normalized spacial score (nSPS) is 10.6. The lowest BCUT2D eigenvalue weighted by atomic mass is 10.1. The Hall–Kier alpha value is -2.37. The first-order valence-electron chi connectivity index (χ1n) is 5.44. The van der Waals surface area contributed by atoms with E-state index in [1.54, 1.807) is 25.1 Å². The smallest absolute Gasteiger partial charge is 0.342 e. The van der Waals surface area contributed by atoms with Crippen molar-refractivity contribution >= 4 is 22.7 Å². The van der Waals surface area contributed by atoms with Gasteiger partial charge in [-0.15, -0.1) is 0 Å². The molecule has 18 heavy (non-hydrogen) atoms. The summed E-state index contributed by atoms with van der Waals surface area (Å²) in [4.78, 5) is 11.8. The van der Waals surface area contributed by atoms with Crippen LogP contribution in [0, 0.1) is 0 Å². The molecule has 1 heterocycles. The van der Waals surface area contributed by atoms with E-state index in [0.29, 0.717) is 16.7 Å². The van der Waals surface area contributed by atoms with Crippen molar-refractivity contribution in [3.63, 3.8) is 0 Å². The molecular weight excluding hydrogens is 236 g/mol. The molecule has 6 heteroatoms. The van der Waals surface area contributed by atoms with Crippen molar-refractivity contribution in [3.8, 4) is 5.75 Å². The average Bonchev–Trinajstić information content (AvgIpc) is 2.62. The molecule has 0 amide bonds. The zero-order valence-corrected chi connectivity index (χ0v) is 10.1. The van der Waals surface area contributed by atoms with E-state index in [1.165, 1.54) is 7.11 Å². The molecule has 0 atom stereocenters. The van der Waals surface area contributed by atoms with Gasteiger partial charge in [-0.2, -0.15) is 4.73 Å².